The van der Waals surface area contributed by atoms with Crippen molar-refractivity contribution in [3.05, 3.63) is 28.2 Å². The molecule has 2 atom stereocenters. The quantitative estimate of drug-likeness (QED) is 0.869. The van der Waals surface area contributed by atoms with Gasteiger partial charge in [0.2, 0.25) is 0 Å². The van der Waals surface area contributed by atoms with Crippen LogP contribution in [0.3, 0.4) is 0 Å². The van der Waals surface area contributed by atoms with Crippen LogP contribution in [0.2, 0.25) is 0 Å². The van der Waals surface area contributed by atoms with Crippen LogP contribution in [0.15, 0.2) is 17.1 Å². The number of aromatic nitrogens is 1. The maximum atomic E-state index is 12.3. The van der Waals surface area contributed by atoms with Gasteiger partial charge >= 0.3 is 6.03 Å². The van der Waals surface area contributed by atoms with Crippen molar-refractivity contribution in [1.82, 2.24) is 9.88 Å². The number of urea groups is 1. The average molecular weight is 335 g/mol. The van der Waals surface area contributed by atoms with E-state index in [1.165, 1.54) is 4.57 Å². The maximum absolute atomic E-state index is 12.3. The fourth-order valence-corrected chi connectivity index (χ4v) is 3.31. The Labute approximate surface area is 143 Å². The molecular weight excluding hydrogens is 306 g/mol. The molecule has 0 aliphatic carbocycles. The Hall–Kier alpha value is -1.82. The molecule has 0 bridgehead atoms. The van der Waals surface area contributed by atoms with Crippen molar-refractivity contribution in [2.24, 2.45) is 13.0 Å². The molecule has 0 radical (unpaired) electrons. The van der Waals surface area contributed by atoms with Crippen molar-refractivity contribution in [3.8, 4) is 0 Å². The van der Waals surface area contributed by atoms with Crippen molar-refractivity contribution >= 4 is 11.7 Å². The van der Waals surface area contributed by atoms with Crippen molar-refractivity contribution in [3.63, 3.8) is 0 Å². The number of hydrogen-bond acceptors (Lipinski definition) is 3. The highest BCUT2D eigenvalue weighted by Crippen LogP contribution is 2.25. The fraction of sp³-hybridized carbons (Fsp3) is 0.667. The summed E-state index contributed by atoms with van der Waals surface area (Å²) in [5.74, 6) is 0.529. The van der Waals surface area contributed by atoms with Crippen molar-refractivity contribution in [2.75, 3.05) is 11.9 Å². The predicted octanol–water partition coefficient (Wildman–Crippen LogP) is 2.80. The van der Waals surface area contributed by atoms with Crippen LogP contribution in [0.4, 0.5) is 10.5 Å². The van der Waals surface area contributed by atoms with Gasteiger partial charge in [-0.2, -0.15) is 0 Å². The number of rotatable bonds is 5. The largest absolute Gasteiger partial charge is 0.378 e. The molecule has 1 fully saturated rings. The number of anilines is 1. The molecule has 0 aromatic carbocycles. The van der Waals surface area contributed by atoms with Gasteiger partial charge in [0.25, 0.3) is 5.56 Å². The van der Waals surface area contributed by atoms with Crippen LogP contribution in [-0.4, -0.2) is 29.4 Å². The molecule has 134 valence electrons. The van der Waals surface area contributed by atoms with Crippen LogP contribution < -0.4 is 16.2 Å². The lowest BCUT2D eigenvalue weighted by molar-refractivity contribution is -0.0329. The van der Waals surface area contributed by atoms with E-state index in [4.69, 9.17) is 4.74 Å². The third kappa shape index (κ3) is 4.38. The Kier molecular flexibility index (Phi) is 6.43. The molecule has 2 unspecified atom stereocenters. The summed E-state index contributed by atoms with van der Waals surface area (Å²) in [5.41, 5.74) is 0.892. The lowest BCUT2D eigenvalue weighted by atomic mass is 9.89. The normalized spacial score (nSPS) is 20.9. The van der Waals surface area contributed by atoms with Gasteiger partial charge in [0.15, 0.2) is 0 Å². The standard InChI is InChI=1S/C18H29N3O3/c1-5-13(6-2)15-11-14(8-10-24-15)19-18(23)20-16-12(3)7-9-21(4)17(16)22/h7,9,13-15H,5-6,8,10-11H2,1-4H3,(H2,19,20,23). The molecule has 1 saturated heterocycles. The average Bonchev–Trinajstić information content (AvgIpc) is 2.57. The third-order valence-electron chi connectivity index (χ3n) is 4.94. The van der Waals surface area contributed by atoms with Gasteiger partial charge in [-0.3, -0.25) is 4.79 Å². The Balaban J connectivity index is 1.98. The van der Waals surface area contributed by atoms with Crippen LogP contribution in [0.1, 0.15) is 45.1 Å². The number of nitrogens with one attached hydrogen (secondary N) is 2. The third-order valence-corrected chi connectivity index (χ3v) is 4.94. The van der Waals surface area contributed by atoms with Gasteiger partial charge in [-0.1, -0.05) is 26.7 Å². The molecule has 2 heterocycles. The van der Waals surface area contributed by atoms with Crippen molar-refractivity contribution < 1.29 is 9.53 Å². The van der Waals surface area contributed by atoms with Gasteiger partial charge in [0.1, 0.15) is 5.69 Å². The minimum atomic E-state index is -0.323. The molecule has 2 rings (SSSR count). The van der Waals surface area contributed by atoms with E-state index in [9.17, 15) is 9.59 Å². The molecule has 1 aliphatic rings. The predicted molar refractivity (Wildman–Crippen MR) is 95.4 cm³/mol. The second-order valence-corrected chi connectivity index (χ2v) is 6.60. The second-order valence-electron chi connectivity index (χ2n) is 6.60. The number of pyridine rings is 1. The van der Waals surface area contributed by atoms with Crippen LogP contribution in [-0.2, 0) is 11.8 Å². The second kappa shape index (κ2) is 8.33. The topological polar surface area (TPSA) is 72.4 Å². The summed E-state index contributed by atoms with van der Waals surface area (Å²) in [6.45, 7) is 6.83. The number of ether oxygens (including phenoxy) is 1. The molecule has 24 heavy (non-hydrogen) atoms. The molecule has 6 nitrogen and oxygen atoms in total. The van der Waals surface area contributed by atoms with Crippen LogP contribution in [0.25, 0.3) is 0 Å². The highest BCUT2D eigenvalue weighted by atomic mass is 16.5. The monoisotopic (exact) mass is 335 g/mol. The number of hydrogen-bond donors (Lipinski definition) is 2. The number of amides is 2. The molecule has 6 heteroatoms. The van der Waals surface area contributed by atoms with Crippen molar-refractivity contribution in [2.45, 2.75) is 58.6 Å². The Bertz CT molecular complexity index is 622. The van der Waals surface area contributed by atoms with Gasteiger partial charge in [0, 0.05) is 25.9 Å². The maximum Gasteiger partial charge on any atom is 0.319 e. The molecule has 0 spiro atoms. The smallest absolute Gasteiger partial charge is 0.319 e. The summed E-state index contributed by atoms with van der Waals surface area (Å²) >= 11 is 0. The Morgan fingerprint density at radius 1 is 1.42 bits per heavy atom. The summed E-state index contributed by atoms with van der Waals surface area (Å²) in [6, 6.07) is 1.57. The van der Waals surface area contributed by atoms with E-state index in [1.54, 1.807) is 13.2 Å². The molecule has 1 aromatic heterocycles. The number of carbonyl (C=O) groups excluding carboxylic acids is 1. The lowest BCUT2D eigenvalue weighted by Crippen LogP contribution is -2.46. The van der Waals surface area contributed by atoms with Gasteiger partial charge in [-0.15, -0.1) is 0 Å². The number of carbonyl (C=O) groups is 1. The minimum Gasteiger partial charge on any atom is -0.378 e. The highest BCUT2D eigenvalue weighted by Gasteiger charge is 2.28. The number of nitrogens with zero attached hydrogens (tertiary/aromatic N) is 1. The fourth-order valence-electron chi connectivity index (χ4n) is 3.31. The first-order chi connectivity index (χ1) is 11.5. The first-order valence-corrected chi connectivity index (χ1v) is 8.81. The van der Waals surface area contributed by atoms with Crippen molar-refractivity contribution in [1.29, 1.82) is 0 Å². The lowest BCUT2D eigenvalue weighted by Gasteiger charge is -2.34. The molecule has 1 aliphatic heterocycles. The Morgan fingerprint density at radius 3 is 2.79 bits per heavy atom. The van der Waals surface area contributed by atoms with E-state index in [1.807, 2.05) is 13.0 Å². The molecular formula is C18H29N3O3. The summed E-state index contributed by atoms with van der Waals surface area (Å²) in [4.78, 5) is 24.4. The van der Waals surface area contributed by atoms with Gasteiger partial charge in [0.05, 0.1) is 6.10 Å². The summed E-state index contributed by atoms with van der Waals surface area (Å²) < 4.78 is 7.34. The first-order valence-electron chi connectivity index (χ1n) is 8.81. The van der Waals surface area contributed by atoms with Gasteiger partial charge in [-0.05, 0) is 37.3 Å². The van der Waals surface area contributed by atoms with E-state index in [0.717, 1.165) is 31.2 Å². The summed E-state index contributed by atoms with van der Waals surface area (Å²) in [7, 11) is 1.67. The van der Waals surface area contributed by atoms with Gasteiger partial charge < -0.3 is 19.9 Å². The van der Waals surface area contributed by atoms with Crippen LogP contribution in [0, 0.1) is 12.8 Å². The molecule has 2 N–H and O–H groups in total. The molecule has 2 amide bonds. The zero-order valence-electron chi connectivity index (χ0n) is 15.1. The van der Waals surface area contributed by atoms with E-state index < -0.39 is 0 Å². The van der Waals surface area contributed by atoms with E-state index >= 15 is 0 Å². The summed E-state index contributed by atoms with van der Waals surface area (Å²) in [6.07, 6.45) is 5.69. The summed E-state index contributed by atoms with van der Waals surface area (Å²) in [5, 5.41) is 5.71. The highest BCUT2D eigenvalue weighted by molar-refractivity contribution is 5.90. The van der Waals surface area contributed by atoms with E-state index in [-0.39, 0.29) is 23.7 Å². The molecule has 0 saturated carbocycles. The minimum absolute atomic E-state index is 0.0808. The Morgan fingerprint density at radius 2 is 2.12 bits per heavy atom. The SMILES string of the molecule is CCC(CC)C1CC(NC(=O)Nc2c(C)ccn(C)c2=O)CCO1. The van der Waals surface area contributed by atoms with E-state index in [0.29, 0.717) is 18.2 Å². The van der Waals surface area contributed by atoms with E-state index in [2.05, 4.69) is 24.5 Å². The zero-order chi connectivity index (χ0) is 17.7. The van der Waals surface area contributed by atoms with Gasteiger partial charge in [-0.25, -0.2) is 4.79 Å². The molecule has 1 aromatic rings. The number of aryl methyl sites for hydroxylation is 2. The van der Waals surface area contributed by atoms with Crippen LogP contribution in [0.5, 0.6) is 0 Å². The zero-order valence-corrected chi connectivity index (χ0v) is 15.1. The first kappa shape index (κ1) is 18.5. The van der Waals surface area contributed by atoms with Crippen LogP contribution >= 0.6 is 0 Å².